The number of ketones is 1. The number of halogens is 1. The summed E-state index contributed by atoms with van der Waals surface area (Å²) in [4.78, 5) is 41.6. The summed E-state index contributed by atoms with van der Waals surface area (Å²) in [5.41, 5.74) is 3.16. The third-order valence-corrected chi connectivity index (χ3v) is 15.7. The molecule has 1 aromatic carbocycles. The van der Waals surface area contributed by atoms with E-state index in [0.717, 1.165) is 23.3 Å². The number of esters is 1. The highest BCUT2D eigenvalue weighted by atomic mass is 127. The molecule has 17 atom stereocenters. The number of allylic oxidation sites excluding steroid dienone is 3. The second-order valence-electron chi connectivity index (χ2n) is 19.5. The molecule has 23 heteroatoms. The van der Waals surface area contributed by atoms with Crippen LogP contribution in [-0.4, -0.2) is 187 Å². The molecular weight excluding hydrogens is 1100 g/mol. The molecule has 0 amide bonds. The molecule has 0 spiro atoms. The lowest BCUT2D eigenvalue weighted by atomic mass is 9.79. The average Bonchev–Trinajstić information content (AvgIpc) is 4.09. The molecular formula is C51H73IN6O15S. The summed E-state index contributed by atoms with van der Waals surface area (Å²) < 4.78 is 52.7. The predicted molar refractivity (Wildman–Crippen MR) is 278 cm³/mol. The van der Waals surface area contributed by atoms with Crippen LogP contribution in [0.25, 0.3) is 11.3 Å². The zero-order valence-corrected chi connectivity index (χ0v) is 46.2. The van der Waals surface area contributed by atoms with Gasteiger partial charge in [0.05, 0.1) is 61.9 Å². The Kier molecular flexibility index (Phi) is 23.0. The number of likely N-dealkylation sites (N-methyl/N-ethyl adjacent to an activating group) is 1. The van der Waals surface area contributed by atoms with E-state index in [1.807, 2.05) is 69.4 Å². The van der Waals surface area contributed by atoms with Crippen molar-refractivity contribution in [3.63, 3.8) is 0 Å². The molecule has 0 radical (unpaired) electrons. The first kappa shape index (κ1) is 59.5. The summed E-state index contributed by atoms with van der Waals surface area (Å²) in [5, 5.41) is 60.5. The van der Waals surface area contributed by atoms with Gasteiger partial charge >= 0.3 is 5.97 Å². The predicted octanol–water partition coefficient (Wildman–Crippen LogP) is 3.74. The van der Waals surface area contributed by atoms with E-state index >= 15 is 0 Å². The van der Waals surface area contributed by atoms with Crippen molar-refractivity contribution in [3.05, 3.63) is 65.3 Å². The molecule has 2 saturated heterocycles. The van der Waals surface area contributed by atoms with Gasteiger partial charge in [-0.2, -0.15) is 0 Å². The van der Waals surface area contributed by atoms with Crippen molar-refractivity contribution in [3.8, 4) is 17.0 Å². The van der Waals surface area contributed by atoms with Crippen LogP contribution in [0, 0.1) is 23.7 Å². The second kappa shape index (κ2) is 28.6. The summed E-state index contributed by atoms with van der Waals surface area (Å²) in [6.45, 7) is 9.95. The van der Waals surface area contributed by atoms with Gasteiger partial charge in [0.1, 0.15) is 42.1 Å². The number of cyclic esters (lactones) is 1. The van der Waals surface area contributed by atoms with Gasteiger partial charge < -0.3 is 63.1 Å². The fourth-order valence-corrected chi connectivity index (χ4v) is 10.8. The number of benzene rings is 1. The summed E-state index contributed by atoms with van der Waals surface area (Å²) in [6, 6.07) is 6.80. The fourth-order valence-electron chi connectivity index (χ4n) is 9.61. The zero-order chi connectivity index (χ0) is 53.6. The van der Waals surface area contributed by atoms with Crippen molar-refractivity contribution < 1.29 is 72.7 Å². The molecule has 0 aliphatic carbocycles. The summed E-state index contributed by atoms with van der Waals surface area (Å²) in [6.07, 6.45) is -2.95. The molecule has 3 aliphatic rings. The van der Waals surface area contributed by atoms with Crippen molar-refractivity contribution in [1.29, 1.82) is 0 Å². The number of carbonyl (C=O) groups is 3. The van der Waals surface area contributed by atoms with Gasteiger partial charge in [0.15, 0.2) is 22.5 Å². The SMILES string of the molecule is COC1C(OC[C@H]2/C=C(C)/C=C/C(=O)[C@H](C)C[C@H](CC=O)[C@H](OC3OC(C)C(O)C(N(C)CCc4cn(CCCOc5ccc(-c6csnn6)cc5)nn4)C3O)[C@@H](C)[C@H](O)CC(=O)O[C@@H]2I)OC(C)C(O)C1OC. The highest BCUT2D eigenvalue weighted by Gasteiger charge is 2.48. The molecule has 410 valence electrons. The molecule has 3 aromatic rings. The van der Waals surface area contributed by atoms with Crippen LogP contribution < -0.4 is 4.74 Å². The summed E-state index contributed by atoms with van der Waals surface area (Å²) >= 11 is 3.28. The molecule has 6 rings (SSSR count). The van der Waals surface area contributed by atoms with Crippen LogP contribution in [0.1, 0.15) is 66.0 Å². The van der Waals surface area contributed by atoms with Crippen LogP contribution in [0.4, 0.5) is 0 Å². The molecule has 5 heterocycles. The minimum Gasteiger partial charge on any atom is -0.494 e. The first-order valence-corrected chi connectivity index (χ1v) is 27.1. The Morgan fingerprint density at radius 3 is 2.34 bits per heavy atom. The number of ether oxygens (including phenoxy) is 8. The number of carbonyl (C=O) groups excluding carboxylic acids is 3. The smallest absolute Gasteiger partial charge is 0.309 e. The second-order valence-corrected chi connectivity index (χ2v) is 21.4. The Labute approximate surface area is 450 Å². The van der Waals surface area contributed by atoms with Gasteiger partial charge in [-0.15, -0.1) is 10.2 Å². The number of alkyl halides is 1. The summed E-state index contributed by atoms with van der Waals surface area (Å²) in [5.74, 6) is -2.94. The lowest BCUT2D eigenvalue weighted by Gasteiger charge is -2.47. The lowest BCUT2D eigenvalue weighted by Crippen LogP contribution is -2.64. The number of hydrogen-bond donors (Lipinski definition) is 4. The Bertz CT molecular complexity index is 2280. The Balaban J connectivity index is 1.10. The number of aldehydes is 1. The third-order valence-electron chi connectivity index (χ3n) is 14.1. The quantitative estimate of drug-likeness (QED) is 0.0438. The minimum atomic E-state index is -1.42. The van der Waals surface area contributed by atoms with Gasteiger partial charge in [0, 0.05) is 81.5 Å². The van der Waals surface area contributed by atoms with Crippen molar-refractivity contribution in [1.82, 2.24) is 29.5 Å². The number of rotatable bonds is 19. The number of aliphatic hydroxyl groups is 4. The Hall–Kier alpha value is -3.70. The van der Waals surface area contributed by atoms with Crippen LogP contribution in [0.3, 0.4) is 0 Å². The Morgan fingerprint density at radius 2 is 1.65 bits per heavy atom. The van der Waals surface area contributed by atoms with Gasteiger partial charge in [0.25, 0.3) is 0 Å². The van der Waals surface area contributed by atoms with E-state index in [-0.39, 0.29) is 25.2 Å². The van der Waals surface area contributed by atoms with Crippen LogP contribution in [-0.2, 0) is 60.5 Å². The molecule has 3 aliphatic heterocycles. The highest BCUT2D eigenvalue weighted by molar-refractivity contribution is 14.1. The largest absolute Gasteiger partial charge is 0.494 e. The molecule has 2 fully saturated rings. The van der Waals surface area contributed by atoms with E-state index in [9.17, 15) is 34.8 Å². The van der Waals surface area contributed by atoms with Crippen LogP contribution in [0.2, 0.25) is 0 Å². The van der Waals surface area contributed by atoms with Gasteiger partial charge in [-0.3, -0.25) is 19.2 Å². The third kappa shape index (κ3) is 15.9. The minimum absolute atomic E-state index is 0.0288. The first-order valence-electron chi connectivity index (χ1n) is 25.1. The first-order chi connectivity index (χ1) is 35.4. The lowest BCUT2D eigenvalue weighted by molar-refractivity contribution is -0.305. The number of nitrogens with zero attached hydrogens (tertiary/aromatic N) is 6. The number of methoxy groups -OCH3 is 2. The van der Waals surface area contributed by atoms with Gasteiger partial charge in [-0.25, -0.2) is 0 Å². The van der Waals surface area contributed by atoms with Crippen molar-refractivity contribution in [2.45, 2.75) is 151 Å². The van der Waals surface area contributed by atoms with Crippen LogP contribution >= 0.6 is 34.1 Å². The number of aromatic nitrogens is 5. The van der Waals surface area contributed by atoms with Crippen LogP contribution in [0.15, 0.2) is 59.6 Å². The van der Waals surface area contributed by atoms with E-state index in [0.29, 0.717) is 43.8 Å². The van der Waals surface area contributed by atoms with Crippen molar-refractivity contribution in [2.24, 2.45) is 23.7 Å². The standard InChI is InChI=1S/C51H73IN6O15S/c1-28-10-15-39(60)29(2)23-34(17-20-59)46(30(3)40(61)24-41(62)72-49(52)35(22-28)26-69-51-48(67-8)47(66-7)44(64)32(5)71-51)73-50-45(65)42(43(63)31(4)70-50)57(6)19-16-36-25-58(55-53-36)18-9-21-68-37-13-11-33(12-14-37)38-27-74-56-54-38/h10-15,20,22,25,27,29-32,34-35,40,42-51,61,63-65H,9,16-19,21,23-24,26H2,1-8H3/b15-10+,28-22+/t29-,30+,31?,32?,34+,35-,40-,42?,43?,44?,45?,46-,47?,48?,49+,50?,51?/m1/s1. The van der Waals surface area contributed by atoms with Gasteiger partial charge in [-0.1, -0.05) is 41.3 Å². The van der Waals surface area contributed by atoms with E-state index in [4.69, 9.17) is 37.9 Å². The van der Waals surface area contributed by atoms with Gasteiger partial charge in [0.2, 0.25) is 0 Å². The van der Waals surface area contributed by atoms with Crippen molar-refractivity contribution in [2.75, 3.05) is 41.0 Å². The molecule has 21 nitrogen and oxygen atoms in total. The summed E-state index contributed by atoms with van der Waals surface area (Å²) in [7, 11) is 4.69. The van der Waals surface area contributed by atoms with Crippen LogP contribution in [0.5, 0.6) is 5.75 Å². The fraction of sp³-hybridized carbons (Fsp3) is 0.667. The molecule has 2 aromatic heterocycles. The van der Waals surface area contributed by atoms with Gasteiger partial charge in [-0.05, 0) is 105 Å². The average molecular weight is 1170 g/mol. The molecule has 0 saturated carbocycles. The molecule has 74 heavy (non-hydrogen) atoms. The van der Waals surface area contributed by atoms with Crippen molar-refractivity contribution >= 4 is 52.2 Å². The maximum absolute atomic E-state index is 13.7. The normalized spacial score (nSPS) is 34.9. The van der Waals surface area contributed by atoms with E-state index in [2.05, 4.69) is 19.9 Å². The topological polar surface area (TPSA) is 266 Å². The molecule has 4 N–H and O–H groups in total. The van der Waals surface area contributed by atoms with E-state index < -0.39 is 114 Å². The zero-order valence-electron chi connectivity index (χ0n) is 43.2. The molecule has 10 unspecified atom stereocenters. The number of hydrogen-bond acceptors (Lipinski definition) is 21. The number of aryl methyl sites for hydroxylation is 1. The maximum atomic E-state index is 13.7. The Morgan fingerprint density at radius 1 is 0.932 bits per heavy atom. The van der Waals surface area contributed by atoms with E-state index in [1.165, 1.54) is 31.8 Å². The number of aliphatic hydroxyl groups excluding tert-OH is 4. The highest BCUT2D eigenvalue weighted by Crippen LogP contribution is 2.35. The monoisotopic (exact) mass is 1170 g/mol. The molecule has 0 bridgehead atoms. The maximum Gasteiger partial charge on any atom is 0.309 e. The van der Waals surface area contributed by atoms with E-state index in [1.54, 1.807) is 52.4 Å².